The Kier molecular flexibility index (Phi) is 5.07. The van der Waals surface area contributed by atoms with Crippen LogP contribution in [0.1, 0.15) is 35.5 Å². The molecule has 1 amide bonds. The molecule has 1 fully saturated rings. The molecule has 2 aliphatic rings. The van der Waals surface area contributed by atoms with E-state index >= 15 is 0 Å². The second-order valence-corrected chi connectivity index (χ2v) is 7.67. The molecule has 1 aromatic heterocycles. The first kappa shape index (κ1) is 17.9. The molecule has 142 valence electrons. The van der Waals surface area contributed by atoms with Gasteiger partial charge in [0, 0.05) is 31.7 Å². The van der Waals surface area contributed by atoms with E-state index in [9.17, 15) is 9.59 Å². The highest BCUT2D eigenvalue weighted by Crippen LogP contribution is 2.27. The van der Waals surface area contributed by atoms with Gasteiger partial charge in [-0.1, -0.05) is 30.3 Å². The Morgan fingerprint density at radius 2 is 2.04 bits per heavy atom. The number of benzene rings is 1. The third-order valence-electron chi connectivity index (χ3n) is 5.43. The van der Waals surface area contributed by atoms with Crippen LogP contribution in [-0.2, 0) is 30.8 Å². The van der Waals surface area contributed by atoms with Crippen LogP contribution in [0.25, 0.3) is 0 Å². The van der Waals surface area contributed by atoms with E-state index in [4.69, 9.17) is 0 Å². The number of carbonyl (C=O) groups excluding carboxylic acids is 1. The molecule has 0 bridgehead atoms. The van der Waals surface area contributed by atoms with E-state index < -0.39 is 0 Å². The molecule has 6 heteroatoms. The lowest BCUT2D eigenvalue weighted by Crippen LogP contribution is -2.40. The molecule has 4 rings (SSSR count). The van der Waals surface area contributed by atoms with E-state index in [1.165, 1.54) is 23.0 Å². The molecule has 1 aliphatic heterocycles. The van der Waals surface area contributed by atoms with E-state index in [1.807, 2.05) is 25.1 Å². The van der Waals surface area contributed by atoms with Gasteiger partial charge in [0.15, 0.2) is 0 Å². The number of hydrogen-bond acceptors (Lipinski definition) is 4. The van der Waals surface area contributed by atoms with Crippen LogP contribution in [0.15, 0.2) is 35.1 Å². The summed E-state index contributed by atoms with van der Waals surface area (Å²) >= 11 is 0. The standard InChI is InChI=1S/C21H26N4O2/c1-15-23-19-13-24(12-17-5-3-2-4-6-17)10-9-18(19)21(27)25(15)14-20(26)22-11-16-7-8-16/h2-6,16H,7-14H2,1H3,(H,22,26). The molecule has 1 N–H and O–H groups in total. The van der Waals surface area contributed by atoms with Crippen molar-refractivity contribution in [2.24, 2.45) is 5.92 Å². The second-order valence-electron chi connectivity index (χ2n) is 7.67. The molecule has 0 unspecified atom stereocenters. The molecule has 1 saturated carbocycles. The lowest BCUT2D eigenvalue weighted by molar-refractivity contribution is -0.121. The molecule has 2 heterocycles. The topological polar surface area (TPSA) is 67.2 Å². The van der Waals surface area contributed by atoms with Gasteiger partial charge in [-0.2, -0.15) is 0 Å². The predicted octanol–water partition coefficient (Wildman–Crippen LogP) is 1.64. The van der Waals surface area contributed by atoms with Crippen molar-refractivity contribution in [2.75, 3.05) is 13.1 Å². The zero-order chi connectivity index (χ0) is 18.8. The summed E-state index contributed by atoms with van der Waals surface area (Å²) in [5.74, 6) is 1.14. The summed E-state index contributed by atoms with van der Waals surface area (Å²) in [7, 11) is 0. The maximum Gasteiger partial charge on any atom is 0.257 e. The van der Waals surface area contributed by atoms with Crippen LogP contribution >= 0.6 is 0 Å². The molecule has 0 spiro atoms. The maximum atomic E-state index is 12.9. The Morgan fingerprint density at radius 1 is 1.26 bits per heavy atom. The van der Waals surface area contributed by atoms with Gasteiger partial charge in [0.25, 0.3) is 5.56 Å². The number of amides is 1. The van der Waals surface area contributed by atoms with Gasteiger partial charge in [-0.15, -0.1) is 0 Å². The summed E-state index contributed by atoms with van der Waals surface area (Å²) in [4.78, 5) is 32.1. The third-order valence-corrected chi connectivity index (χ3v) is 5.43. The molecule has 0 radical (unpaired) electrons. The van der Waals surface area contributed by atoms with Crippen LogP contribution in [0.4, 0.5) is 0 Å². The van der Waals surface area contributed by atoms with Crippen molar-refractivity contribution in [2.45, 2.75) is 45.8 Å². The highest BCUT2D eigenvalue weighted by atomic mass is 16.2. The summed E-state index contributed by atoms with van der Waals surface area (Å²) in [5, 5.41) is 2.93. The van der Waals surface area contributed by atoms with Crippen LogP contribution in [0.2, 0.25) is 0 Å². The maximum absolute atomic E-state index is 12.9. The Balaban J connectivity index is 1.47. The monoisotopic (exact) mass is 366 g/mol. The fraction of sp³-hybridized carbons (Fsp3) is 0.476. The minimum atomic E-state index is -0.102. The quantitative estimate of drug-likeness (QED) is 0.844. The summed E-state index contributed by atoms with van der Waals surface area (Å²) in [5.41, 5.74) is 2.83. The van der Waals surface area contributed by atoms with Crippen molar-refractivity contribution in [1.29, 1.82) is 0 Å². The van der Waals surface area contributed by atoms with Crippen molar-refractivity contribution < 1.29 is 4.79 Å². The molecule has 1 aliphatic carbocycles. The Bertz CT molecular complexity index is 887. The van der Waals surface area contributed by atoms with Gasteiger partial charge in [-0.25, -0.2) is 4.98 Å². The number of rotatable bonds is 6. The normalized spacial score (nSPS) is 16.8. The Morgan fingerprint density at radius 3 is 2.78 bits per heavy atom. The first-order chi connectivity index (χ1) is 13.1. The zero-order valence-electron chi connectivity index (χ0n) is 15.8. The fourth-order valence-corrected chi connectivity index (χ4v) is 3.64. The lowest BCUT2D eigenvalue weighted by Gasteiger charge is -2.28. The Labute approximate surface area is 159 Å². The van der Waals surface area contributed by atoms with Crippen molar-refractivity contribution in [1.82, 2.24) is 19.8 Å². The van der Waals surface area contributed by atoms with Crippen molar-refractivity contribution in [3.05, 3.63) is 63.3 Å². The molecular formula is C21H26N4O2. The van der Waals surface area contributed by atoms with Crippen LogP contribution < -0.4 is 10.9 Å². The van der Waals surface area contributed by atoms with Crippen LogP contribution in [0.3, 0.4) is 0 Å². The number of aromatic nitrogens is 2. The molecule has 2 aromatic rings. The van der Waals surface area contributed by atoms with Crippen molar-refractivity contribution >= 4 is 5.91 Å². The fourth-order valence-electron chi connectivity index (χ4n) is 3.64. The van der Waals surface area contributed by atoms with Gasteiger partial charge >= 0.3 is 0 Å². The average molecular weight is 366 g/mol. The number of fused-ring (bicyclic) bond motifs is 1. The minimum absolute atomic E-state index is 0.0570. The van der Waals surface area contributed by atoms with E-state index in [-0.39, 0.29) is 18.0 Å². The average Bonchev–Trinajstić information content (AvgIpc) is 3.49. The second kappa shape index (κ2) is 7.64. The molecule has 6 nitrogen and oxygen atoms in total. The highest BCUT2D eigenvalue weighted by molar-refractivity contribution is 5.75. The minimum Gasteiger partial charge on any atom is -0.354 e. The van der Waals surface area contributed by atoms with E-state index in [0.717, 1.165) is 30.9 Å². The number of nitrogens with one attached hydrogen (secondary N) is 1. The first-order valence-electron chi connectivity index (χ1n) is 9.72. The molecular weight excluding hydrogens is 340 g/mol. The SMILES string of the molecule is Cc1nc2c(c(=O)n1CC(=O)NCC1CC1)CCN(Cc1ccccc1)C2. The Hall–Kier alpha value is -2.47. The van der Waals surface area contributed by atoms with Gasteiger partial charge in [0.05, 0.1) is 5.69 Å². The van der Waals surface area contributed by atoms with Gasteiger partial charge in [0.1, 0.15) is 12.4 Å². The van der Waals surface area contributed by atoms with Gasteiger partial charge in [-0.3, -0.25) is 19.1 Å². The molecule has 0 atom stereocenters. The van der Waals surface area contributed by atoms with Crippen molar-refractivity contribution in [3.63, 3.8) is 0 Å². The smallest absolute Gasteiger partial charge is 0.257 e. The number of carbonyl (C=O) groups is 1. The molecule has 1 aromatic carbocycles. The largest absolute Gasteiger partial charge is 0.354 e. The van der Waals surface area contributed by atoms with E-state index in [1.54, 1.807) is 0 Å². The summed E-state index contributed by atoms with van der Waals surface area (Å²) in [6.07, 6.45) is 3.07. The van der Waals surface area contributed by atoms with E-state index in [2.05, 4.69) is 27.3 Å². The van der Waals surface area contributed by atoms with E-state index in [0.29, 0.717) is 24.7 Å². The molecule has 27 heavy (non-hydrogen) atoms. The summed E-state index contributed by atoms with van der Waals surface area (Å²) in [6.45, 7) is 4.95. The summed E-state index contributed by atoms with van der Waals surface area (Å²) in [6, 6.07) is 10.3. The van der Waals surface area contributed by atoms with Gasteiger partial charge in [-0.05, 0) is 37.7 Å². The number of nitrogens with zero attached hydrogens (tertiary/aromatic N) is 3. The van der Waals surface area contributed by atoms with Crippen LogP contribution in [0, 0.1) is 12.8 Å². The highest BCUT2D eigenvalue weighted by Gasteiger charge is 2.24. The van der Waals surface area contributed by atoms with Crippen LogP contribution in [-0.4, -0.2) is 33.4 Å². The zero-order valence-corrected chi connectivity index (χ0v) is 15.8. The first-order valence-corrected chi connectivity index (χ1v) is 9.72. The third kappa shape index (κ3) is 4.27. The van der Waals surface area contributed by atoms with Crippen molar-refractivity contribution in [3.8, 4) is 0 Å². The van der Waals surface area contributed by atoms with Crippen LogP contribution in [0.5, 0.6) is 0 Å². The van der Waals surface area contributed by atoms with Gasteiger partial charge < -0.3 is 5.32 Å². The number of hydrogen-bond donors (Lipinski definition) is 1. The summed E-state index contributed by atoms with van der Waals surface area (Å²) < 4.78 is 1.52. The predicted molar refractivity (Wildman–Crippen MR) is 103 cm³/mol. The van der Waals surface area contributed by atoms with Gasteiger partial charge in [0.2, 0.25) is 5.91 Å². The number of aryl methyl sites for hydroxylation is 1. The lowest BCUT2D eigenvalue weighted by atomic mass is 10.1. The molecule has 0 saturated heterocycles.